The molecule has 0 atom stereocenters. The Morgan fingerprint density at radius 2 is 1.71 bits per heavy atom. The maximum Gasteiger partial charge on any atom is 0.417 e. The molecule has 0 spiro atoms. The van der Waals surface area contributed by atoms with E-state index in [-0.39, 0.29) is 0 Å². The van der Waals surface area contributed by atoms with E-state index in [1.54, 1.807) is 20.8 Å². The van der Waals surface area contributed by atoms with E-state index in [1.807, 2.05) is 0 Å². The summed E-state index contributed by atoms with van der Waals surface area (Å²) in [6.45, 7) is 4.55. The van der Waals surface area contributed by atoms with Gasteiger partial charge in [0.25, 0.3) is 5.91 Å². The number of hydrogen-bond donors (Lipinski definition) is 1. The zero-order chi connectivity index (χ0) is 16.3. The van der Waals surface area contributed by atoms with Crippen LogP contribution in [-0.2, 0) is 15.7 Å². The molecule has 7 heteroatoms. The predicted molar refractivity (Wildman–Crippen MR) is 69.6 cm³/mol. The van der Waals surface area contributed by atoms with Gasteiger partial charge in [0.1, 0.15) is 0 Å². The number of benzene rings is 1. The van der Waals surface area contributed by atoms with Gasteiger partial charge in [0.2, 0.25) is 0 Å². The summed E-state index contributed by atoms with van der Waals surface area (Å²) in [5.74, 6) is -1.77. The van der Waals surface area contributed by atoms with E-state index in [9.17, 15) is 22.8 Å². The van der Waals surface area contributed by atoms with Crippen LogP contribution >= 0.6 is 0 Å². The molecule has 1 N–H and O–H groups in total. The Morgan fingerprint density at radius 1 is 1.14 bits per heavy atom. The summed E-state index contributed by atoms with van der Waals surface area (Å²) in [5, 5.41) is 2.53. The maximum absolute atomic E-state index is 12.7. The van der Waals surface area contributed by atoms with E-state index in [4.69, 9.17) is 0 Å². The zero-order valence-corrected chi connectivity index (χ0v) is 11.9. The summed E-state index contributed by atoms with van der Waals surface area (Å²) in [4.78, 5) is 23.1. The van der Waals surface area contributed by atoms with E-state index < -0.39 is 41.3 Å². The Bertz CT molecular complexity index is 533. The molecule has 4 nitrogen and oxygen atoms in total. The molecule has 1 rings (SSSR count). The maximum atomic E-state index is 12.7. The Labute approximate surface area is 120 Å². The molecule has 0 bridgehead atoms. The molecule has 21 heavy (non-hydrogen) atoms. The fourth-order valence-corrected chi connectivity index (χ4v) is 1.57. The molecule has 0 saturated heterocycles. The molecule has 0 aromatic heterocycles. The van der Waals surface area contributed by atoms with E-state index in [1.165, 1.54) is 12.1 Å². The van der Waals surface area contributed by atoms with Gasteiger partial charge in [0, 0.05) is 5.54 Å². The molecule has 0 radical (unpaired) electrons. The second kappa shape index (κ2) is 6.15. The normalized spacial score (nSPS) is 11.9. The van der Waals surface area contributed by atoms with Crippen molar-refractivity contribution in [3.8, 4) is 0 Å². The van der Waals surface area contributed by atoms with Gasteiger partial charge in [-0.25, -0.2) is 4.79 Å². The van der Waals surface area contributed by atoms with Gasteiger partial charge in [-0.3, -0.25) is 4.79 Å². The number of amides is 1. The van der Waals surface area contributed by atoms with Crippen LogP contribution in [0.25, 0.3) is 0 Å². The quantitative estimate of drug-likeness (QED) is 0.874. The third-order valence-corrected chi connectivity index (χ3v) is 2.30. The highest BCUT2D eigenvalue weighted by Gasteiger charge is 2.35. The van der Waals surface area contributed by atoms with Gasteiger partial charge in [-0.1, -0.05) is 12.1 Å². The van der Waals surface area contributed by atoms with Gasteiger partial charge >= 0.3 is 12.1 Å². The number of nitrogens with one attached hydrogen (secondary N) is 1. The molecule has 1 amide bonds. The molecule has 1 aromatic carbocycles. The van der Waals surface area contributed by atoms with Crippen molar-refractivity contribution in [1.82, 2.24) is 5.32 Å². The molecule has 0 aliphatic heterocycles. The first-order chi connectivity index (χ1) is 9.50. The molecule has 0 unspecified atom stereocenters. The predicted octanol–water partition coefficient (Wildman–Crippen LogP) is 2.78. The van der Waals surface area contributed by atoms with Crippen molar-refractivity contribution < 1.29 is 27.5 Å². The molecule has 0 fully saturated rings. The van der Waals surface area contributed by atoms with E-state index >= 15 is 0 Å². The SMILES string of the molecule is CC(C)(C)NC(=O)COC(=O)c1ccccc1C(F)(F)F. The van der Waals surface area contributed by atoms with Crippen molar-refractivity contribution >= 4 is 11.9 Å². The Balaban J connectivity index is 2.76. The van der Waals surface area contributed by atoms with Gasteiger partial charge in [0.05, 0.1) is 11.1 Å². The minimum Gasteiger partial charge on any atom is -0.452 e. The Hall–Kier alpha value is -2.05. The molecule has 0 aliphatic rings. The summed E-state index contributed by atoms with van der Waals surface area (Å²) >= 11 is 0. The Morgan fingerprint density at radius 3 is 2.24 bits per heavy atom. The fourth-order valence-electron chi connectivity index (χ4n) is 1.57. The Kier molecular flexibility index (Phi) is 4.98. The van der Waals surface area contributed by atoms with Crippen LogP contribution in [0.3, 0.4) is 0 Å². The van der Waals surface area contributed by atoms with Crippen LogP contribution < -0.4 is 5.32 Å². The molecule has 0 aliphatic carbocycles. The molecular formula is C14H16F3NO3. The first-order valence-corrected chi connectivity index (χ1v) is 6.15. The lowest BCUT2D eigenvalue weighted by Gasteiger charge is -2.20. The number of hydrogen-bond acceptors (Lipinski definition) is 3. The molecule has 0 saturated carbocycles. The van der Waals surface area contributed by atoms with Crippen molar-refractivity contribution in [2.75, 3.05) is 6.61 Å². The van der Waals surface area contributed by atoms with Gasteiger partial charge in [-0.05, 0) is 32.9 Å². The van der Waals surface area contributed by atoms with Crippen LogP contribution in [0, 0.1) is 0 Å². The largest absolute Gasteiger partial charge is 0.452 e. The van der Waals surface area contributed by atoms with Gasteiger partial charge in [0.15, 0.2) is 6.61 Å². The highest BCUT2D eigenvalue weighted by Crippen LogP contribution is 2.32. The smallest absolute Gasteiger partial charge is 0.417 e. The van der Waals surface area contributed by atoms with Gasteiger partial charge < -0.3 is 10.1 Å². The first-order valence-electron chi connectivity index (χ1n) is 6.15. The lowest BCUT2D eigenvalue weighted by molar-refractivity contribution is -0.138. The molecule has 116 valence electrons. The first kappa shape index (κ1) is 17.0. The van der Waals surface area contributed by atoms with Crippen LogP contribution in [0.4, 0.5) is 13.2 Å². The highest BCUT2D eigenvalue weighted by atomic mass is 19.4. The van der Waals surface area contributed by atoms with Crippen molar-refractivity contribution in [2.24, 2.45) is 0 Å². The van der Waals surface area contributed by atoms with Crippen LogP contribution in [0.2, 0.25) is 0 Å². The third kappa shape index (κ3) is 5.45. The van der Waals surface area contributed by atoms with Crippen LogP contribution in [-0.4, -0.2) is 24.0 Å². The summed E-state index contributed by atoms with van der Waals surface area (Å²) < 4.78 is 42.8. The standard InChI is InChI=1S/C14H16F3NO3/c1-13(2,3)18-11(19)8-21-12(20)9-6-4-5-7-10(9)14(15,16)17/h4-7H,8H2,1-3H3,(H,18,19). The van der Waals surface area contributed by atoms with Crippen LogP contribution in [0.1, 0.15) is 36.7 Å². The monoisotopic (exact) mass is 303 g/mol. The summed E-state index contributed by atoms with van der Waals surface area (Å²) in [6, 6.07) is 4.26. The van der Waals surface area contributed by atoms with Crippen LogP contribution in [0.5, 0.6) is 0 Å². The van der Waals surface area contributed by atoms with Crippen molar-refractivity contribution in [3.63, 3.8) is 0 Å². The van der Waals surface area contributed by atoms with Gasteiger partial charge in [-0.2, -0.15) is 13.2 Å². The van der Waals surface area contributed by atoms with Gasteiger partial charge in [-0.15, -0.1) is 0 Å². The number of esters is 1. The van der Waals surface area contributed by atoms with Crippen molar-refractivity contribution in [2.45, 2.75) is 32.5 Å². The topological polar surface area (TPSA) is 55.4 Å². The van der Waals surface area contributed by atoms with Crippen LogP contribution in [0.15, 0.2) is 24.3 Å². The summed E-state index contributed by atoms with van der Waals surface area (Å²) in [7, 11) is 0. The molecule has 0 heterocycles. The lowest BCUT2D eigenvalue weighted by Crippen LogP contribution is -2.42. The number of carbonyl (C=O) groups is 2. The third-order valence-electron chi connectivity index (χ3n) is 2.30. The highest BCUT2D eigenvalue weighted by molar-refractivity contribution is 5.93. The number of halogens is 3. The molecule has 1 aromatic rings. The minimum atomic E-state index is -4.66. The lowest BCUT2D eigenvalue weighted by atomic mass is 10.1. The summed E-state index contributed by atoms with van der Waals surface area (Å²) in [6.07, 6.45) is -4.66. The molecular weight excluding hydrogens is 287 g/mol. The second-order valence-corrected chi connectivity index (χ2v) is 5.42. The average molecular weight is 303 g/mol. The van der Waals surface area contributed by atoms with E-state index in [2.05, 4.69) is 10.1 Å². The fraction of sp³-hybridized carbons (Fsp3) is 0.429. The summed E-state index contributed by atoms with van der Waals surface area (Å²) in [5.41, 5.74) is -2.23. The minimum absolute atomic E-state index is 0.520. The number of alkyl halides is 3. The number of rotatable bonds is 3. The number of carbonyl (C=O) groups excluding carboxylic acids is 2. The van der Waals surface area contributed by atoms with Crippen molar-refractivity contribution in [3.05, 3.63) is 35.4 Å². The van der Waals surface area contributed by atoms with Crippen molar-refractivity contribution in [1.29, 1.82) is 0 Å². The number of ether oxygens (including phenoxy) is 1. The average Bonchev–Trinajstić information content (AvgIpc) is 2.33. The second-order valence-electron chi connectivity index (χ2n) is 5.42. The van der Waals surface area contributed by atoms with E-state index in [0.717, 1.165) is 12.1 Å². The zero-order valence-electron chi connectivity index (χ0n) is 11.9. The van der Waals surface area contributed by atoms with E-state index in [0.29, 0.717) is 0 Å².